The summed E-state index contributed by atoms with van der Waals surface area (Å²) in [5.41, 5.74) is 2.06. The topological polar surface area (TPSA) is 96.0 Å². The van der Waals surface area contributed by atoms with Crippen LogP contribution in [0.25, 0.3) is 0 Å². The average Bonchev–Trinajstić information content (AvgIpc) is 2.63. The van der Waals surface area contributed by atoms with Gasteiger partial charge in [0.15, 0.2) is 0 Å². The van der Waals surface area contributed by atoms with Gasteiger partial charge in [0.2, 0.25) is 5.95 Å². The number of hydrogen-bond acceptors (Lipinski definition) is 6. The van der Waals surface area contributed by atoms with Crippen LogP contribution in [0.2, 0.25) is 5.02 Å². The molecule has 0 amide bonds. The molecular weight excluding hydrogens is 398 g/mol. The molecule has 0 unspecified atom stereocenters. The first kappa shape index (κ1) is 19.9. The lowest BCUT2D eigenvalue weighted by Crippen LogP contribution is -2.12. The molecule has 0 radical (unpaired) electrons. The average molecular weight is 418 g/mol. The van der Waals surface area contributed by atoms with E-state index in [0.29, 0.717) is 22.5 Å². The van der Waals surface area contributed by atoms with Crippen LogP contribution in [0, 0.1) is 6.92 Å². The number of nitrogens with one attached hydrogen (secondary N) is 3. The van der Waals surface area contributed by atoms with Gasteiger partial charge in [0.05, 0.1) is 4.90 Å². The van der Waals surface area contributed by atoms with Crippen LogP contribution in [0.5, 0.6) is 0 Å². The molecule has 9 heteroatoms. The number of aromatic nitrogens is 2. The van der Waals surface area contributed by atoms with Crippen LogP contribution in [0.4, 0.5) is 23.1 Å². The van der Waals surface area contributed by atoms with Crippen molar-refractivity contribution in [2.45, 2.75) is 18.7 Å². The van der Waals surface area contributed by atoms with E-state index >= 15 is 0 Å². The van der Waals surface area contributed by atoms with Crippen molar-refractivity contribution in [3.63, 3.8) is 0 Å². The van der Waals surface area contributed by atoms with Gasteiger partial charge in [-0.05, 0) is 62.4 Å². The Morgan fingerprint density at radius 3 is 2.25 bits per heavy atom. The summed E-state index contributed by atoms with van der Waals surface area (Å²) in [6.07, 6.45) is 0. The number of nitrogens with zero attached hydrogens (tertiary/aromatic N) is 2. The fourth-order valence-electron chi connectivity index (χ4n) is 2.47. The van der Waals surface area contributed by atoms with Crippen LogP contribution in [-0.2, 0) is 10.0 Å². The number of rotatable bonds is 7. The van der Waals surface area contributed by atoms with Crippen LogP contribution in [0.15, 0.2) is 59.5 Å². The third-order valence-corrected chi connectivity index (χ3v) is 5.37. The summed E-state index contributed by atoms with van der Waals surface area (Å²) >= 11 is 5.81. The predicted molar refractivity (Wildman–Crippen MR) is 113 cm³/mol. The minimum absolute atomic E-state index is 0.145. The smallest absolute Gasteiger partial charge is 0.261 e. The minimum Gasteiger partial charge on any atom is -0.354 e. The van der Waals surface area contributed by atoms with E-state index in [2.05, 4.69) is 25.3 Å². The van der Waals surface area contributed by atoms with E-state index in [0.717, 1.165) is 17.9 Å². The van der Waals surface area contributed by atoms with E-state index in [9.17, 15) is 8.42 Å². The van der Waals surface area contributed by atoms with Crippen molar-refractivity contribution in [1.29, 1.82) is 0 Å². The van der Waals surface area contributed by atoms with E-state index in [1.54, 1.807) is 24.3 Å². The highest BCUT2D eigenvalue weighted by Gasteiger charge is 2.14. The molecule has 3 aromatic rings. The van der Waals surface area contributed by atoms with E-state index in [4.69, 9.17) is 11.6 Å². The standard InChI is InChI=1S/C19H20ClN5O2S/c1-3-21-19-22-13(2)12-18(24-19)23-15-6-8-16(9-7-15)25-28(26,27)17-10-4-14(20)5-11-17/h4-12,25H,3H2,1-2H3,(H2,21,22,23,24). The maximum absolute atomic E-state index is 12.4. The van der Waals surface area contributed by atoms with Crippen molar-refractivity contribution >= 4 is 44.8 Å². The lowest BCUT2D eigenvalue weighted by atomic mass is 10.3. The SMILES string of the molecule is CCNc1nc(C)cc(Nc2ccc(NS(=O)(=O)c3ccc(Cl)cc3)cc2)n1. The summed E-state index contributed by atoms with van der Waals surface area (Å²) in [7, 11) is -3.68. The Kier molecular flexibility index (Phi) is 6.01. The molecule has 7 nitrogen and oxygen atoms in total. The van der Waals surface area contributed by atoms with Crippen molar-refractivity contribution < 1.29 is 8.42 Å². The van der Waals surface area contributed by atoms with Gasteiger partial charge in [0.25, 0.3) is 10.0 Å². The maximum atomic E-state index is 12.4. The molecule has 0 fully saturated rings. The van der Waals surface area contributed by atoms with Crippen LogP contribution in [0.3, 0.4) is 0 Å². The Morgan fingerprint density at radius 2 is 1.61 bits per heavy atom. The molecule has 0 aliphatic carbocycles. The van der Waals surface area contributed by atoms with Gasteiger partial charge in [-0.3, -0.25) is 4.72 Å². The highest BCUT2D eigenvalue weighted by atomic mass is 35.5. The quantitative estimate of drug-likeness (QED) is 0.526. The number of hydrogen-bond donors (Lipinski definition) is 3. The van der Waals surface area contributed by atoms with Crippen LogP contribution in [-0.4, -0.2) is 24.9 Å². The summed E-state index contributed by atoms with van der Waals surface area (Å²) in [5.74, 6) is 1.20. The number of halogens is 1. The Bertz CT molecular complexity index is 1050. The van der Waals surface area contributed by atoms with Crippen LogP contribution in [0.1, 0.15) is 12.6 Å². The molecule has 1 aromatic heterocycles. The third-order valence-electron chi connectivity index (χ3n) is 3.72. The highest BCUT2D eigenvalue weighted by Crippen LogP contribution is 2.22. The number of anilines is 4. The van der Waals surface area contributed by atoms with Gasteiger partial charge in [-0.2, -0.15) is 4.98 Å². The van der Waals surface area contributed by atoms with Crippen molar-refractivity contribution in [2.24, 2.45) is 0 Å². The molecule has 2 aromatic carbocycles. The molecular formula is C19H20ClN5O2S. The zero-order valence-corrected chi connectivity index (χ0v) is 17.0. The fourth-order valence-corrected chi connectivity index (χ4v) is 3.65. The van der Waals surface area contributed by atoms with Gasteiger partial charge in [0.1, 0.15) is 5.82 Å². The molecule has 28 heavy (non-hydrogen) atoms. The van der Waals surface area contributed by atoms with Crippen LogP contribution >= 0.6 is 11.6 Å². The molecule has 1 heterocycles. The zero-order chi connectivity index (χ0) is 20.1. The van der Waals surface area contributed by atoms with Gasteiger partial charge in [0, 0.05) is 34.7 Å². The van der Waals surface area contributed by atoms with Gasteiger partial charge in [-0.25, -0.2) is 13.4 Å². The summed E-state index contributed by atoms with van der Waals surface area (Å²) in [6.45, 7) is 4.59. The number of benzene rings is 2. The van der Waals surface area contributed by atoms with Gasteiger partial charge < -0.3 is 10.6 Å². The Morgan fingerprint density at radius 1 is 0.964 bits per heavy atom. The van der Waals surface area contributed by atoms with E-state index in [1.807, 2.05) is 19.9 Å². The third kappa shape index (κ3) is 5.11. The van der Waals surface area contributed by atoms with Gasteiger partial charge in [-0.1, -0.05) is 11.6 Å². The predicted octanol–water partition coefficient (Wildman–Crippen LogP) is 4.41. The Hall–Kier alpha value is -2.84. The first-order chi connectivity index (χ1) is 13.4. The van der Waals surface area contributed by atoms with Crippen molar-refractivity contribution in [1.82, 2.24) is 9.97 Å². The first-order valence-electron chi connectivity index (χ1n) is 8.61. The Balaban J connectivity index is 1.72. The van der Waals surface area contributed by atoms with Gasteiger partial charge in [-0.15, -0.1) is 0 Å². The molecule has 0 aliphatic heterocycles. The second-order valence-electron chi connectivity index (χ2n) is 6.01. The molecule has 0 aliphatic rings. The summed E-state index contributed by atoms with van der Waals surface area (Å²) in [6, 6.07) is 14.7. The minimum atomic E-state index is -3.68. The molecule has 0 saturated heterocycles. The largest absolute Gasteiger partial charge is 0.354 e. The fraction of sp³-hybridized carbons (Fsp3) is 0.158. The van der Waals surface area contributed by atoms with E-state index in [-0.39, 0.29) is 4.90 Å². The molecule has 3 N–H and O–H groups in total. The molecule has 0 atom stereocenters. The summed E-state index contributed by atoms with van der Waals surface area (Å²) < 4.78 is 27.4. The second-order valence-corrected chi connectivity index (χ2v) is 8.13. The maximum Gasteiger partial charge on any atom is 0.261 e. The molecule has 3 rings (SSSR count). The second kappa shape index (κ2) is 8.45. The van der Waals surface area contributed by atoms with Gasteiger partial charge >= 0.3 is 0 Å². The molecule has 146 valence electrons. The normalized spacial score (nSPS) is 11.1. The summed E-state index contributed by atoms with van der Waals surface area (Å²) in [5, 5.41) is 6.75. The molecule has 0 saturated carbocycles. The zero-order valence-electron chi connectivity index (χ0n) is 15.4. The summed E-state index contributed by atoms with van der Waals surface area (Å²) in [4.78, 5) is 8.84. The monoisotopic (exact) mass is 417 g/mol. The lowest BCUT2D eigenvalue weighted by Gasteiger charge is -2.11. The van der Waals surface area contributed by atoms with Crippen LogP contribution < -0.4 is 15.4 Å². The Labute approximate surface area is 169 Å². The highest BCUT2D eigenvalue weighted by molar-refractivity contribution is 7.92. The number of aryl methyl sites for hydroxylation is 1. The van der Waals surface area contributed by atoms with Crippen molar-refractivity contribution in [3.05, 3.63) is 65.3 Å². The van der Waals surface area contributed by atoms with E-state index in [1.165, 1.54) is 24.3 Å². The number of sulfonamides is 1. The van der Waals surface area contributed by atoms with Crippen molar-refractivity contribution in [3.8, 4) is 0 Å². The molecule has 0 bridgehead atoms. The lowest BCUT2D eigenvalue weighted by molar-refractivity contribution is 0.601. The molecule has 0 spiro atoms. The first-order valence-corrected chi connectivity index (χ1v) is 10.5. The van der Waals surface area contributed by atoms with E-state index < -0.39 is 10.0 Å². The van der Waals surface area contributed by atoms with Crippen molar-refractivity contribution in [2.75, 3.05) is 21.9 Å².